The predicted octanol–water partition coefficient (Wildman–Crippen LogP) is 16.9. The lowest BCUT2D eigenvalue weighted by atomic mass is 9.33. The Bertz CT molecular complexity index is 3450. The van der Waals surface area contributed by atoms with Crippen LogP contribution in [0.2, 0.25) is 0 Å². The maximum absolute atomic E-state index is 2.61. The first-order chi connectivity index (χ1) is 31.9. The van der Waals surface area contributed by atoms with Crippen molar-refractivity contribution in [1.82, 2.24) is 0 Å². The van der Waals surface area contributed by atoms with Crippen molar-refractivity contribution < 1.29 is 0 Å². The molecule has 0 unspecified atom stereocenters. The lowest BCUT2D eigenvalue weighted by Gasteiger charge is -2.42. The van der Waals surface area contributed by atoms with Gasteiger partial charge in [-0.3, -0.25) is 0 Å². The highest BCUT2D eigenvalue weighted by Gasteiger charge is 2.47. The molecule has 0 aliphatic carbocycles. The third-order valence-electron chi connectivity index (χ3n) is 13.9. The summed E-state index contributed by atoms with van der Waals surface area (Å²) >= 11 is 7.64. The van der Waals surface area contributed by atoms with E-state index in [0.29, 0.717) is 0 Å². The average Bonchev–Trinajstić information content (AvgIpc) is 4.11. The van der Waals surface area contributed by atoms with Gasteiger partial charge in [0.05, 0.1) is 10.0 Å². The molecule has 66 heavy (non-hydrogen) atoms. The van der Waals surface area contributed by atoms with E-state index in [2.05, 4.69) is 216 Å². The monoisotopic (exact) mass is 922 g/mol. The first kappa shape index (κ1) is 40.3. The van der Waals surface area contributed by atoms with Crippen molar-refractivity contribution in [2.24, 2.45) is 0 Å². The first-order valence-corrected chi connectivity index (χ1v) is 26.2. The molecule has 0 fully saturated rings. The average molecular weight is 923 g/mol. The standard InChI is InChI=1S/C59H47BN2S4/c1-34-28-45-55-46(29-34)62(42-24-18-36(19-25-42)52-31-38-13-9-11-15-48(38)64-52)57-54(44-33-40(59(5,6)7)21-27-50(44)66-57)60(55)53-43-32-39(58(2,3)4)20-26-49(43)65-56(53)61(45)41-22-16-35(17-23-41)51-30-37-12-8-10-14-47(37)63-51/h8-33H,1-7H3. The van der Waals surface area contributed by atoms with Gasteiger partial charge in [-0.2, -0.15) is 0 Å². The van der Waals surface area contributed by atoms with Gasteiger partial charge in [-0.05, 0) is 156 Å². The van der Waals surface area contributed by atoms with Crippen molar-refractivity contribution in [3.05, 3.63) is 174 Å². The minimum atomic E-state index is 0.00713. The van der Waals surface area contributed by atoms with Crippen LogP contribution in [0, 0.1) is 6.92 Å². The molecule has 0 atom stereocenters. The second-order valence-electron chi connectivity index (χ2n) is 20.3. The third kappa shape index (κ3) is 6.24. The minimum Gasteiger partial charge on any atom is -0.303 e. The zero-order valence-electron chi connectivity index (χ0n) is 38.1. The van der Waals surface area contributed by atoms with Gasteiger partial charge in [-0.1, -0.05) is 126 Å². The van der Waals surface area contributed by atoms with Crippen LogP contribution in [0.3, 0.4) is 0 Å². The molecule has 4 aromatic heterocycles. The predicted molar refractivity (Wildman–Crippen MR) is 295 cm³/mol. The SMILES string of the molecule is Cc1cc2c3c(c1)N(c1ccc(-c4cc5ccccc5s4)cc1)c1sc4ccc(C(C)(C)C)cc4c1B3c1c(sc3ccc(C(C)(C)C)cc13)N2c1ccc(-c2cc3ccccc3s2)cc1. The fourth-order valence-corrected chi connectivity index (χ4v) is 15.1. The van der Waals surface area contributed by atoms with Gasteiger partial charge in [0.1, 0.15) is 0 Å². The Balaban J connectivity index is 1.07. The second-order valence-corrected chi connectivity index (χ2v) is 24.5. The zero-order chi connectivity index (χ0) is 44.8. The molecular formula is C59H47BN2S4. The van der Waals surface area contributed by atoms with Crippen LogP contribution in [0.1, 0.15) is 58.2 Å². The summed E-state index contributed by atoms with van der Waals surface area (Å²) in [7, 11) is 0. The van der Waals surface area contributed by atoms with Gasteiger partial charge in [0.2, 0.25) is 0 Å². The lowest BCUT2D eigenvalue weighted by Crippen LogP contribution is -2.60. The number of anilines is 6. The Morgan fingerprint density at radius 2 is 0.833 bits per heavy atom. The second kappa shape index (κ2) is 14.5. The number of fused-ring (bicyclic) bond motifs is 10. The number of hydrogen-bond donors (Lipinski definition) is 0. The molecule has 0 bridgehead atoms. The highest BCUT2D eigenvalue weighted by atomic mass is 32.1. The van der Waals surface area contributed by atoms with Gasteiger partial charge in [0, 0.05) is 51.3 Å². The molecule has 0 N–H and O–H groups in total. The number of thiophene rings is 4. The highest BCUT2D eigenvalue weighted by molar-refractivity contribution is 7.29. The molecule has 6 heterocycles. The number of rotatable bonds is 4. The van der Waals surface area contributed by atoms with Crippen LogP contribution >= 0.6 is 45.3 Å². The van der Waals surface area contributed by atoms with E-state index >= 15 is 0 Å². The molecule has 2 aliphatic heterocycles. The summed E-state index contributed by atoms with van der Waals surface area (Å²) in [6.45, 7) is 16.4. The van der Waals surface area contributed by atoms with Crippen molar-refractivity contribution in [3.8, 4) is 20.9 Å². The van der Waals surface area contributed by atoms with Gasteiger partial charge in [-0.25, -0.2) is 0 Å². The molecule has 0 spiro atoms. The van der Waals surface area contributed by atoms with Gasteiger partial charge >= 0.3 is 0 Å². The summed E-state index contributed by atoms with van der Waals surface area (Å²) < 4.78 is 5.32. The number of hydrogen-bond acceptors (Lipinski definition) is 6. The van der Waals surface area contributed by atoms with Gasteiger partial charge in [-0.15, -0.1) is 45.3 Å². The van der Waals surface area contributed by atoms with Crippen LogP contribution < -0.4 is 26.2 Å². The van der Waals surface area contributed by atoms with Crippen LogP contribution in [0.5, 0.6) is 0 Å². The van der Waals surface area contributed by atoms with E-state index in [9.17, 15) is 0 Å². The minimum absolute atomic E-state index is 0.00713. The fourth-order valence-electron chi connectivity index (χ4n) is 10.4. The van der Waals surface area contributed by atoms with Crippen LogP contribution in [-0.4, -0.2) is 6.71 Å². The Morgan fingerprint density at radius 1 is 0.409 bits per heavy atom. The molecule has 0 saturated heterocycles. The number of nitrogens with zero attached hydrogens (tertiary/aromatic N) is 2. The summed E-state index contributed by atoms with van der Waals surface area (Å²) in [5, 5.41) is 7.98. The van der Waals surface area contributed by atoms with E-state index in [1.165, 1.54) is 127 Å². The van der Waals surface area contributed by atoms with Crippen molar-refractivity contribution in [3.63, 3.8) is 0 Å². The molecule has 11 aromatic rings. The summed E-state index contributed by atoms with van der Waals surface area (Å²) in [4.78, 5) is 7.81. The van der Waals surface area contributed by atoms with Crippen molar-refractivity contribution >= 4 is 142 Å². The Hall–Kier alpha value is -5.96. The largest absolute Gasteiger partial charge is 0.303 e. The fraction of sp³-hybridized carbons (Fsp3) is 0.153. The molecule has 7 heteroatoms. The maximum Gasteiger partial charge on any atom is 0.256 e. The van der Waals surface area contributed by atoms with E-state index in [4.69, 9.17) is 0 Å². The van der Waals surface area contributed by atoms with Gasteiger partial charge in [0.25, 0.3) is 6.71 Å². The Morgan fingerprint density at radius 3 is 1.24 bits per heavy atom. The first-order valence-electron chi connectivity index (χ1n) is 22.9. The van der Waals surface area contributed by atoms with Crippen LogP contribution in [0.25, 0.3) is 61.2 Å². The molecule has 2 nitrogen and oxygen atoms in total. The van der Waals surface area contributed by atoms with E-state index in [0.717, 1.165) is 0 Å². The van der Waals surface area contributed by atoms with Crippen LogP contribution in [0.15, 0.2) is 158 Å². The Labute approximate surface area is 403 Å². The smallest absolute Gasteiger partial charge is 0.256 e. The molecule has 320 valence electrons. The number of aryl methyl sites for hydroxylation is 1. The summed E-state index contributed by atoms with van der Waals surface area (Å²) in [6.07, 6.45) is 0. The van der Waals surface area contributed by atoms with Crippen molar-refractivity contribution in [2.45, 2.75) is 59.3 Å². The molecule has 0 amide bonds. The molecular weight excluding hydrogens is 876 g/mol. The topological polar surface area (TPSA) is 6.48 Å². The zero-order valence-corrected chi connectivity index (χ0v) is 41.4. The van der Waals surface area contributed by atoms with Gasteiger partial charge < -0.3 is 9.80 Å². The molecule has 2 aliphatic rings. The van der Waals surface area contributed by atoms with Crippen molar-refractivity contribution in [2.75, 3.05) is 9.80 Å². The molecule has 0 radical (unpaired) electrons. The summed E-state index contributed by atoms with van der Waals surface area (Å²) in [5.74, 6) is 0. The summed E-state index contributed by atoms with van der Waals surface area (Å²) in [6, 6.07) is 60.4. The van der Waals surface area contributed by atoms with Gasteiger partial charge in [0.15, 0.2) is 0 Å². The molecule has 13 rings (SSSR count). The van der Waals surface area contributed by atoms with Crippen LogP contribution in [-0.2, 0) is 10.8 Å². The third-order valence-corrected chi connectivity index (χ3v) is 18.5. The number of benzene rings is 7. The highest BCUT2D eigenvalue weighted by Crippen LogP contribution is 2.51. The Kier molecular flexibility index (Phi) is 8.87. The normalized spacial score (nSPS) is 13.6. The van der Waals surface area contributed by atoms with Crippen molar-refractivity contribution in [1.29, 1.82) is 0 Å². The molecule has 7 aromatic carbocycles. The van der Waals surface area contributed by atoms with E-state index in [1.807, 2.05) is 45.3 Å². The van der Waals surface area contributed by atoms with E-state index in [-0.39, 0.29) is 17.5 Å². The molecule has 0 saturated carbocycles. The van der Waals surface area contributed by atoms with E-state index < -0.39 is 0 Å². The lowest BCUT2D eigenvalue weighted by molar-refractivity contribution is 0.591. The summed E-state index contributed by atoms with van der Waals surface area (Å²) in [5.41, 5.74) is 15.6. The maximum atomic E-state index is 2.61. The van der Waals surface area contributed by atoms with E-state index in [1.54, 1.807) is 0 Å². The van der Waals surface area contributed by atoms with Crippen LogP contribution in [0.4, 0.5) is 32.8 Å². The quantitative estimate of drug-likeness (QED) is 0.162.